The molecule has 0 saturated heterocycles. The van der Waals surface area contributed by atoms with Gasteiger partial charge in [-0.1, -0.05) is 24.3 Å². The number of anilines is 1. The molecule has 3 N–H and O–H groups in total. The maximum atomic E-state index is 12.1. The normalized spacial score (nSPS) is 10.1. The van der Waals surface area contributed by atoms with Gasteiger partial charge in [-0.2, -0.15) is 0 Å². The number of ether oxygens (including phenoxy) is 1. The molecule has 2 aromatic carbocycles. The molecular formula is C16H18N2O2. The summed E-state index contributed by atoms with van der Waals surface area (Å²) >= 11 is 0. The summed E-state index contributed by atoms with van der Waals surface area (Å²) in [6.45, 7) is 2.35. The zero-order chi connectivity index (χ0) is 14.5. The van der Waals surface area contributed by atoms with Gasteiger partial charge in [-0.3, -0.25) is 4.79 Å². The van der Waals surface area contributed by atoms with E-state index in [1.807, 2.05) is 37.3 Å². The molecule has 0 aliphatic carbocycles. The Kier molecular flexibility index (Phi) is 4.25. The minimum absolute atomic E-state index is 0.0857. The minimum Gasteiger partial charge on any atom is -0.495 e. The second-order valence-corrected chi connectivity index (χ2v) is 4.57. The first-order valence-electron chi connectivity index (χ1n) is 6.38. The zero-order valence-corrected chi connectivity index (χ0v) is 11.6. The Labute approximate surface area is 118 Å². The smallest absolute Gasteiger partial charge is 0.251 e. The molecule has 4 nitrogen and oxygen atoms in total. The second kappa shape index (κ2) is 6.10. The van der Waals surface area contributed by atoms with Crippen molar-refractivity contribution in [2.45, 2.75) is 13.5 Å². The molecule has 0 heterocycles. The van der Waals surface area contributed by atoms with Gasteiger partial charge in [0.05, 0.1) is 12.8 Å². The molecule has 104 valence electrons. The number of nitrogens with one attached hydrogen (secondary N) is 1. The van der Waals surface area contributed by atoms with Crippen LogP contribution in [-0.2, 0) is 6.54 Å². The largest absolute Gasteiger partial charge is 0.495 e. The van der Waals surface area contributed by atoms with Gasteiger partial charge in [-0.25, -0.2) is 0 Å². The van der Waals surface area contributed by atoms with Crippen LogP contribution in [0.2, 0.25) is 0 Å². The lowest BCUT2D eigenvalue weighted by Gasteiger charge is -2.09. The first-order valence-corrected chi connectivity index (χ1v) is 6.38. The van der Waals surface area contributed by atoms with Crippen molar-refractivity contribution in [3.63, 3.8) is 0 Å². The molecule has 1 amide bonds. The van der Waals surface area contributed by atoms with Gasteiger partial charge in [0.2, 0.25) is 0 Å². The first-order chi connectivity index (χ1) is 9.61. The third-order valence-electron chi connectivity index (χ3n) is 3.14. The first kappa shape index (κ1) is 13.9. The molecule has 0 fully saturated rings. The Balaban J connectivity index is 2.04. The maximum absolute atomic E-state index is 12.1. The van der Waals surface area contributed by atoms with Crippen molar-refractivity contribution in [3.8, 4) is 5.75 Å². The van der Waals surface area contributed by atoms with Gasteiger partial charge in [0, 0.05) is 12.1 Å². The SMILES string of the molecule is COc1ccc(CNC(=O)c2ccccc2C)cc1N. The molecule has 0 bridgehead atoms. The van der Waals surface area contributed by atoms with Crippen LogP contribution in [0.5, 0.6) is 5.75 Å². The highest BCUT2D eigenvalue weighted by molar-refractivity contribution is 5.95. The molecule has 0 unspecified atom stereocenters. The molecule has 0 aromatic heterocycles. The number of amides is 1. The van der Waals surface area contributed by atoms with E-state index in [9.17, 15) is 4.79 Å². The van der Waals surface area contributed by atoms with E-state index in [4.69, 9.17) is 10.5 Å². The van der Waals surface area contributed by atoms with E-state index < -0.39 is 0 Å². The number of rotatable bonds is 4. The Hall–Kier alpha value is -2.49. The predicted octanol–water partition coefficient (Wildman–Crippen LogP) is 2.52. The fraction of sp³-hybridized carbons (Fsp3) is 0.188. The van der Waals surface area contributed by atoms with Gasteiger partial charge in [0.1, 0.15) is 5.75 Å². The van der Waals surface area contributed by atoms with Crippen LogP contribution in [0.4, 0.5) is 5.69 Å². The van der Waals surface area contributed by atoms with Crippen LogP contribution in [0.25, 0.3) is 0 Å². The van der Waals surface area contributed by atoms with Gasteiger partial charge in [0.15, 0.2) is 0 Å². The molecule has 2 aromatic rings. The molecule has 20 heavy (non-hydrogen) atoms. The molecule has 4 heteroatoms. The van der Waals surface area contributed by atoms with Crippen molar-refractivity contribution in [1.82, 2.24) is 5.32 Å². The highest BCUT2D eigenvalue weighted by Gasteiger charge is 2.08. The Morgan fingerprint density at radius 3 is 2.65 bits per heavy atom. The van der Waals surface area contributed by atoms with Crippen molar-refractivity contribution < 1.29 is 9.53 Å². The van der Waals surface area contributed by atoms with E-state index >= 15 is 0 Å². The summed E-state index contributed by atoms with van der Waals surface area (Å²) in [4.78, 5) is 12.1. The van der Waals surface area contributed by atoms with E-state index in [2.05, 4.69) is 5.32 Å². The maximum Gasteiger partial charge on any atom is 0.251 e. The van der Waals surface area contributed by atoms with Gasteiger partial charge in [-0.15, -0.1) is 0 Å². The van der Waals surface area contributed by atoms with Crippen molar-refractivity contribution in [2.24, 2.45) is 0 Å². The number of benzene rings is 2. The van der Waals surface area contributed by atoms with E-state index in [0.717, 1.165) is 11.1 Å². The van der Waals surface area contributed by atoms with Crippen molar-refractivity contribution in [3.05, 3.63) is 59.2 Å². The molecule has 0 aliphatic rings. The van der Waals surface area contributed by atoms with Crippen LogP contribution in [0.3, 0.4) is 0 Å². The van der Waals surface area contributed by atoms with Gasteiger partial charge >= 0.3 is 0 Å². The lowest BCUT2D eigenvalue weighted by Crippen LogP contribution is -2.23. The zero-order valence-electron chi connectivity index (χ0n) is 11.6. The standard InChI is InChI=1S/C16H18N2O2/c1-11-5-3-4-6-13(11)16(19)18-10-12-7-8-15(20-2)14(17)9-12/h3-9H,10,17H2,1-2H3,(H,18,19). The predicted molar refractivity (Wildman–Crippen MR) is 79.8 cm³/mol. The molecule has 0 saturated carbocycles. The quantitative estimate of drug-likeness (QED) is 0.839. The van der Waals surface area contributed by atoms with Crippen LogP contribution < -0.4 is 15.8 Å². The number of carbonyl (C=O) groups excluding carboxylic acids is 1. The van der Waals surface area contributed by atoms with Crippen LogP contribution in [0.15, 0.2) is 42.5 Å². The summed E-state index contributed by atoms with van der Waals surface area (Å²) in [5, 5.41) is 2.89. The number of aryl methyl sites for hydroxylation is 1. The minimum atomic E-state index is -0.0857. The third-order valence-corrected chi connectivity index (χ3v) is 3.14. The van der Waals surface area contributed by atoms with Crippen molar-refractivity contribution in [1.29, 1.82) is 0 Å². The highest BCUT2D eigenvalue weighted by atomic mass is 16.5. The van der Waals surface area contributed by atoms with E-state index in [1.165, 1.54) is 0 Å². The molecule has 0 spiro atoms. The van der Waals surface area contributed by atoms with Crippen LogP contribution >= 0.6 is 0 Å². The molecular weight excluding hydrogens is 252 g/mol. The molecule has 2 rings (SSSR count). The average molecular weight is 270 g/mol. The van der Waals surface area contributed by atoms with Crippen molar-refractivity contribution >= 4 is 11.6 Å². The number of nitrogens with two attached hydrogens (primary N) is 1. The highest BCUT2D eigenvalue weighted by Crippen LogP contribution is 2.21. The molecule has 0 aliphatic heterocycles. The Bertz CT molecular complexity index is 624. The van der Waals surface area contributed by atoms with Crippen molar-refractivity contribution in [2.75, 3.05) is 12.8 Å². The molecule has 0 radical (unpaired) electrons. The lowest BCUT2D eigenvalue weighted by atomic mass is 10.1. The number of methoxy groups -OCH3 is 1. The number of carbonyl (C=O) groups is 1. The third kappa shape index (κ3) is 3.09. The monoisotopic (exact) mass is 270 g/mol. The summed E-state index contributed by atoms with van der Waals surface area (Å²) in [5.74, 6) is 0.552. The van der Waals surface area contributed by atoms with Crippen LogP contribution in [0.1, 0.15) is 21.5 Å². The fourth-order valence-electron chi connectivity index (χ4n) is 2.00. The number of nitrogen functional groups attached to an aromatic ring is 1. The Morgan fingerprint density at radius 1 is 1.25 bits per heavy atom. The summed E-state index contributed by atoms with van der Waals surface area (Å²) in [7, 11) is 1.57. The number of hydrogen-bond acceptors (Lipinski definition) is 3. The van der Waals surface area contributed by atoms with Crippen LogP contribution in [-0.4, -0.2) is 13.0 Å². The average Bonchev–Trinajstić information content (AvgIpc) is 2.45. The summed E-state index contributed by atoms with van der Waals surface area (Å²) in [6, 6.07) is 13.0. The fourth-order valence-corrected chi connectivity index (χ4v) is 2.00. The summed E-state index contributed by atoms with van der Waals surface area (Å²) in [5.41, 5.74) is 8.98. The van der Waals surface area contributed by atoms with E-state index in [0.29, 0.717) is 23.5 Å². The summed E-state index contributed by atoms with van der Waals surface area (Å²) in [6.07, 6.45) is 0. The summed E-state index contributed by atoms with van der Waals surface area (Å²) < 4.78 is 5.10. The van der Waals surface area contributed by atoms with Crippen LogP contribution in [0, 0.1) is 6.92 Å². The molecule has 0 atom stereocenters. The lowest BCUT2D eigenvalue weighted by molar-refractivity contribution is 0.0950. The number of hydrogen-bond donors (Lipinski definition) is 2. The van der Waals surface area contributed by atoms with Gasteiger partial charge < -0.3 is 15.8 Å². The van der Waals surface area contributed by atoms with E-state index in [-0.39, 0.29) is 5.91 Å². The Morgan fingerprint density at radius 2 is 2.00 bits per heavy atom. The van der Waals surface area contributed by atoms with Gasteiger partial charge in [0.25, 0.3) is 5.91 Å². The van der Waals surface area contributed by atoms with Gasteiger partial charge in [-0.05, 0) is 36.2 Å². The second-order valence-electron chi connectivity index (χ2n) is 4.57. The van der Waals surface area contributed by atoms with E-state index in [1.54, 1.807) is 19.2 Å². The topological polar surface area (TPSA) is 64.3 Å².